The van der Waals surface area contributed by atoms with Crippen LogP contribution in [0.4, 0.5) is 0 Å². The van der Waals surface area contributed by atoms with Crippen LogP contribution in [0.15, 0.2) is 0 Å². The van der Waals surface area contributed by atoms with E-state index in [0.717, 1.165) is 6.42 Å². The molecule has 7 fully saturated rings. The number of fused-ring (bicyclic) bond motifs is 1. The van der Waals surface area contributed by atoms with Gasteiger partial charge in [0.2, 0.25) is 6.10 Å². The fraction of sp³-hybridized carbons (Fsp3) is 0.800. The van der Waals surface area contributed by atoms with Gasteiger partial charge in [-0.05, 0) is 128 Å². The van der Waals surface area contributed by atoms with Gasteiger partial charge in [-0.1, -0.05) is 41.5 Å². The van der Waals surface area contributed by atoms with Crippen LogP contribution < -0.4 is 0 Å². The molecule has 2 saturated carbocycles. The van der Waals surface area contributed by atoms with Crippen molar-refractivity contribution in [3.63, 3.8) is 0 Å². The third kappa shape index (κ3) is 19.4. The van der Waals surface area contributed by atoms with E-state index in [9.17, 15) is 57.5 Å². The standard InChI is InChI=1S/C17H22O7.C12H20O4.C11H18O4.2C10H16O4/c1-4-17(2,3)16(21)22-7-11(18)15(20)23-12-8-5-9-10(6-8)14(19)24-13(9)12;1-5-11(3,4)10(14)16-12(6-2)7-9(13)15-8-12;1-5-10(2,3)9(13)15-11(4)6-8(12)14-7-11;1-4-10(2,3)9(12)14-7-5-8(11)13-6-7;1-4-10(2,3)9(12)14-7-5-6-13-8(7)11/h8-10,12-13H,4-7H2,1-3H3;5-8H2,1-4H3;5-7H2,1-4H3;2*7H,4-6H2,1-3H3. The van der Waals surface area contributed by atoms with E-state index in [2.05, 4.69) is 0 Å². The van der Waals surface area contributed by atoms with Gasteiger partial charge in [0, 0.05) is 18.3 Å². The monoisotopic (exact) mass is 1180 g/mol. The highest BCUT2D eigenvalue weighted by Gasteiger charge is 2.63. The van der Waals surface area contributed by atoms with Crippen LogP contribution in [0.3, 0.4) is 0 Å². The Labute approximate surface area is 487 Å². The Morgan fingerprint density at radius 1 is 0.554 bits per heavy atom. The minimum Gasteiger partial charge on any atom is -0.463 e. The Morgan fingerprint density at radius 3 is 1.52 bits per heavy atom. The molecule has 470 valence electrons. The van der Waals surface area contributed by atoms with Crippen LogP contribution in [0.5, 0.6) is 0 Å². The number of rotatable bonds is 19. The third-order valence-electron chi connectivity index (χ3n) is 16.9. The first-order valence-corrected chi connectivity index (χ1v) is 29.0. The Bertz CT molecular complexity index is 2400. The summed E-state index contributed by atoms with van der Waals surface area (Å²) in [5.74, 6) is -5.05. The smallest absolute Gasteiger partial charge is 0.378 e. The summed E-state index contributed by atoms with van der Waals surface area (Å²) in [6.07, 6.45) is 4.33. The molecular weight excluding hydrogens is 1090 g/mol. The summed E-state index contributed by atoms with van der Waals surface area (Å²) in [4.78, 5) is 138. The molecule has 9 atom stereocenters. The van der Waals surface area contributed by atoms with Gasteiger partial charge < -0.3 is 52.1 Å². The van der Waals surface area contributed by atoms with Gasteiger partial charge in [0.05, 0.1) is 58.9 Å². The van der Waals surface area contributed by atoms with E-state index in [1.54, 1.807) is 34.6 Å². The molecule has 2 bridgehead atoms. The highest BCUT2D eigenvalue weighted by molar-refractivity contribution is 6.34. The Morgan fingerprint density at radius 2 is 1.06 bits per heavy atom. The van der Waals surface area contributed by atoms with Gasteiger partial charge in [0.1, 0.15) is 38.1 Å². The third-order valence-corrected chi connectivity index (χ3v) is 16.9. The first-order valence-electron chi connectivity index (χ1n) is 29.0. The molecule has 2 aliphatic carbocycles. The summed E-state index contributed by atoms with van der Waals surface area (Å²) >= 11 is 0. The molecule has 7 rings (SSSR count). The predicted octanol–water partition coefficient (Wildman–Crippen LogP) is 7.32. The molecule has 0 aromatic heterocycles. The SMILES string of the molecule is CCC(C)(C)C(=O)OC1(C)COC(=O)C1.CCC(C)(C)C(=O)OC1CCOC1=O.CCC(C)(C)C(=O)OC1COC(=O)C1.CCC(C)(C)C(=O)OCC(=O)C(=O)OC1C2CC3C(=O)OC1C3C2.CCC1(OC(=O)C(C)(C)CC)COC(=O)C1. The molecule has 0 radical (unpaired) electrons. The maximum atomic E-state index is 12.0. The molecule has 5 heterocycles. The largest absolute Gasteiger partial charge is 0.463 e. The number of hydrogen-bond acceptors (Lipinski definition) is 23. The second kappa shape index (κ2) is 29.1. The minimum atomic E-state index is -1.03. The van der Waals surface area contributed by atoms with E-state index in [0.29, 0.717) is 58.0 Å². The summed E-state index contributed by atoms with van der Waals surface area (Å²) in [5.41, 5.74) is -4.24. The first-order chi connectivity index (χ1) is 38.3. The maximum Gasteiger partial charge on any atom is 0.378 e. The van der Waals surface area contributed by atoms with Crippen molar-refractivity contribution >= 4 is 71.4 Å². The molecule has 0 amide bonds. The highest BCUT2D eigenvalue weighted by atomic mass is 16.6. The van der Waals surface area contributed by atoms with Gasteiger partial charge in [0.15, 0.2) is 17.8 Å². The molecule has 5 saturated heterocycles. The zero-order chi connectivity index (χ0) is 63.3. The van der Waals surface area contributed by atoms with Crippen LogP contribution in [0.2, 0.25) is 0 Å². The van der Waals surface area contributed by atoms with Gasteiger partial charge in [-0.3, -0.25) is 47.9 Å². The number of carbonyl (C=O) groups excluding carboxylic acids is 12. The maximum absolute atomic E-state index is 12.0. The van der Waals surface area contributed by atoms with Crippen LogP contribution in [0.1, 0.15) is 195 Å². The van der Waals surface area contributed by atoms with Crippen molar-refractivity contribution in [1.82, 2.24) is 0 Å². The van der Waals surface area contributed by atoms with Crippen molar-refractivity contribution in [3.05, 3.63) is 0 Å². The van der Waals surface area contributed by atoms with Crippen molar-refractivity contribution in [1.29, 1.82) is 0 Å². The molecule has 23 heteroatoms. The van der Waals surface area contributed by atoms with Crippen LogP contribution >= 0.6 is 0 Å². The molecule has 83 heavy (non-hydrogen) atoms. The van der Waals surface area contributed by atoms with E-state index in [1.165, 1.54) is 0 Å². The van der Waals surface area contributed by atoms with Crippen LogP contribution in [0.25, 0.3) is 0 Å². The second-order valence-electron chi connectivity index (χ2n) is 25.7. The summed E-state index contributed by atoms with van der Waals surface area (Å²) in [7, 11) is 0. The van der Waals surface area contributed by atoms with Crippen molar-refractivity contribution in [2.75, 3.05) is 33.0 Å². The quantitative estimate of drug-likeness (QED) is 0.0694. The van der Waals surface area contributed by atoms with Gasteiger partial charge in [0.25, 0.3) is 5.78 Å². The minimum absolute atomic E-state index is 0.0646. The molecule has 5 aliphatic heterocycles. The summed E-state index contributed by atoms with van der Waals surface area (Å²) < 4.78 is 55.6. The molecule has 0 aromatic carbocycles. The summed E-state index contributed by atoms with van der Waals surface area (Å²) in [5, 5.41) is 0. The molecule has 0 aromatic rings. The number of hydrogen-bond donors (Lipinski definition) is 0. The van der Waals surface area contributed by atoms with Gasteiger partial charge in [-0.25, -0.2) is 9.59 Å². The summed E-state index contributed by atoms with van der Waals surface area (Å²) in [6, 6.07) is 0. The van der Waals surface area contributed by atoms with E-state index in [1.807, 2.05) is 83.1 Å². The van der Waals surface area contributed by atoms with Crippen molar-refractivity contribution in [2.45, 2.75) is 230 Å². The van der Waals surface area contributed by atoms with Crippen LogP contribution in [-0.2, 0) is 110 Å². The average molecular weight is 1180 g/mol. The molecule has 0 spiro atoms. The van der Waals surface area contributed by atoms with E-state index >= 15 is 0 Å². The van der Waals surface area contributed by atoms with Crippen LogP contribution in [0, 0.1) is 44.8 Å². The van der Waals surface area contributed by atoms with Crippen molar-refractivity contribution in [2.24, 2.45) is 44.8 Å². The number of carbonyl (C=O) groups is 12. The average Bonchev–Trinajstić information content (AvgIpc) is 2.83. The van der Waals surface area contributed by atoms with Crippen molar-refractivity contribution < 1.29 is 110 Å². The number of esters is 11. The number of Topliss-reactive ketones (excluding diaryl/α,β-unsaturated/α-hetero) is 1. The Kier molecular flexibility index (Phi) is 24.9. The normalized spacial score (nSPS) is 26.7. The fourth-order valence-corrected chi connectivity index (χ4v) is 8.45. The Hall–Kier alpha value is -6.16. The molecule has 7 aliphatic rings. The van der Waals surface area contributed by atoms with E-state index in [-0.39, 0.29) is 111 Å². The lowest BCUT2D eigenvalue weighted by molar-refractivity contribution is -0.171. The fourth-order valence-electron chi connectivity index (χ4n) is 8.45. The van der Waals surface area contributed by atoms with Crippen LogP contribution in [-0.4, -0.2) is 140 Å². The number of cyclic esters (lactones) is 4. The number of ether oxygens (including phenoxy) is 11. The number of ketones is 1. The highest BCUT2D eigenvalue weighted by Crippen LogP contribution is 2.55. The zero-order valence-electron chi connectivity index (χ0n) is 52.0. The molecular formula is C60H92O23. The van der Waals surface area contributed by atoms with Crippen molar-refractivity contribution in [3.8, 4) is 0 Å². The predicted molar refractivity (Wildman–Crippen MR) is 291 cm³/mol. The summed E-state index contributed by atoms with van der Waals surface area (Å²) in [6.45, 7) is 31.5. The second-order valence-corrected chi connectivity index (χ2v) is 25.7. The lowest BCUT2D eigenvalue weighted by atomic mass is 9.88. The van der Waals surface area contributed by atoms with Gasteiger partial charge in [-0.15, -0.1) is 0 Å². The lowest BCUT2D eigenvalue weighted by Gasteiger charge is -2.30. The molecule has 23 nitrogen and oxygen atoms in total. The van der Waals surface area contributed by atoms with E-state index < -0.39 is 86.9 Å². The lowest BCUT2D eigenvalue weighted by Crippen LogP contribution is -2.40. The van der Waals surface area contributed by atoms with E-state index in [4.69, 9.17) is 52.1 Å². The first kappa shape index (κ1) is 71.1. The zero-order valence-corrected chi connectivity index (χ0v) is 52.0. The molecule has 9 unspecified atom stereocenters. The van der Waals surface area contributed by atoms with Gasteiger partial charge >= 0.3 is 65.7 Å². The van der Waals surface area contributed by atoms with Gasteiger partial charge in [-0.2, -0.15) is 0 Å². The molecule has 0 N–H and O–H groups in total. The Balaban J connectivity index is 0.000000277. The topological polar surface area (TPSA) is 306 Å².